The van der Waals surface area contributed by atoms with E-state index in [9.17, 15) is 0 Å². The maximum atomic E-state index is 3.76. The second-order valence-corrected chi connectivity index (χ2v) is 5.14. The third-order valence-corrected chi connectivity index (χ3v) is 2.33. The molecule has 0 aliphatic carbocycles. The van der Waals surface area contributed by atoms with Gasteiger partial charge in [-0.2, -0.15) is 0 Å². The monoisotopic (exact) mass is 180 g/mol. The molecule has 0 aromatic heterocycles. The lowest BCUT2D eigenvalue weighted by Crippen LogP contribution is -2.04. The highest BCUT2D eigenvalue weighted by molar-refractivity contribution is 5.04. The van der Waals surface area contributed by atoms with E-state index in [2.05, 4.69) is 47.3 Å². The third kappa shape index (κ3) is 6.62. The van der Waals surface area contributed by atoms with Crippen molar-refractivity contribution in [2.24, 2.45) is 11.3 Å². The summed E-state index contributed by atoms with van der Waals surface area (Å²) in [4.78, 5) is 0. The molecule has 0 radical (unpaired) electrons. The van der Waals surface area contributed by atoms with E-state index in [-0.39, 0.29) is 0 Å². The Kier molecular flexibility index (Phi) is 5.05. The van der Waals surface area contributed by atoms with Crippen molar-refractivity contribution in [3.63, 3.8) is 0 Å². The van der Waals surface area contributed by atoms with Gasteiger partial charge in [-0.1, -0.05) is 45.4 Å². The quantitative estimate of drug-likeness (QED) is 0.555. The molecule has 0 aromatic rings. The van der Waals surface area contributed by atoms with Crippen LogP contribution >= 0.6 is 0 Å². The Morgan fingerprint density at radius 3 is 2.31 bits per heavy atom. The summed E-state index contributed by atoms with van der Waals surface area (Å²) in [7, 11) is 0. The topological polar surface area (TPSA) is 0 Å². The highest BCUT2D eigenvalue weighted by Crippen LogP contribution is 2.22. The van der Waals surface area contributed by atoms with E-state index in [0.717, 1.165) is 6.42 Å². The van der Waals surface area contributed by atoms with Gasteiger partial charge < -0.3 is 0 Å². The molecule has 0 N–H and O–H groups in total. The van der Waals surface area contributed by atoms with E-state index in [4.69, 9.17) is 0 Å². The van der Waals surface area contributed by atoms with Gasteiger partial charge in [0.1, 0.15) is 0 Å². The van der Waals surface area contributed by atoms with Gasteiger partial charge in [0, 0.05) is 0 Å². The van der Waals surface area contributed by atoms with Crippen LogP contribution in [0.3, 0.4) is 0 Å². The average Bonchev–Trinajstić information content (AvgIpc) is 1.99. The summed E-state index contributed by atoms with van der Waals surface area (Å²) >= 11 is 0. The van der Waals surface area contributed by atoms with Crippen LogP contribution in [0.25, 0.3) is 0 Å². The molecule has 0 amide bonds. The van der Waals surface area contributed by atoms with Crippen molar-refractivity contribution in [2.75, 3.05) is 0 Å². The van der Waals surface area contributed by atoms with Crippen LogP contribution in [0.4, 0.5) is 0 Å². The van der Waals surface area contributed by atoms with Crippen LogP contribution in [0.5, 0.6) is 0 Å². The van der Waals surface area contributed by atoms with E-state index in [0.29, 0.717) is 11.3 Å². The SMILES string of the molecule is C=CCC(C)/C(C)=C/CC(C)(C)C. The smallest absolute Gasteiger partial charge is 0.0200 e. The van der Waals surface area contributed by atoms with Crippen LogP contribution in [-0.2, 0) is 0 Å². The number of hydrogen-bond acceptors (Lipinski definition) is 0. The van der Waals surface area contributed by atoms with Crippen LogP contribution in [0.15, 0.2) is 24.3 Å². The van der Waals surface area contributed by atoms with Crippen molar-refractivity contribution in [3.8, 4) is 0 Å². The lowest BCUT2D eigenvalue weighted by atomic mass is 9.89. The van der Waals surface area contributed by atoms with Crippen molar-refractivity contribution in [2.45, 2.75) is 47.5 Å². The van der Waals surface area contributed by atoms with Gasteiger partial charge in [0.25, 0.3) is 0 Å². The Labute approximate surface area is 83.7 Å². The Bertz CT molecular complexity index is 179. The van der Waals surface area contributed by atoms with Crippen LogP contribution in [-0.4, -0.2) is 0 Å². The molecule has 0 spiro atoms. The zero-order valence-electron chi connectivity index (χ0n) is 9.85. The van der Waals surface area contributed by atoms with Gasteiger partial charge in [0.15, 0.2) is 0 Å². The maximum Gasteiger partial charge on any atom is -0.0200 e. The fourth-order valence-corrected chi connectivity index (χ4v) is 1.10. The van der Waals surface area contributed by atoms with Crippen molar-refractivity contribution < 1.29 is 0 Å². The first-order valence-corrected chi connectivity index (χ1v) is 5.14. The van der Waals surface area contributed by atoms with E-state index in [1.165, 1.54) is 12.0 Å². The summed E-state index contributed by atoms with van der Waals surface area (Å²) in [6.07, 6.45) is 6.63. The first-order valence-electron chi connectivity index (χ1n) is 5.14. The van der Waals surface area contributed by atoms with Crippen molar-refractivity contribution in [1.29, 1.82) is 0 Å². The van der Waals surface area contributed by atoms with Gasteiger partial charge in [-0.3, -0.25) is 0 Å². The summed E-state index contributed by atoms with van der Waals surface area (Å²) in [6, 6.07) is 0. The molecule has 0 bridgehead atoms. The highest BCUT2D eigenvalue weighted by atomic mass is 14.1. The first-order chi connectivity index (χ1) is 5.87. The van der Waals surface area contributed by atoms with Gasteiger partial charge in [-0.15, -0.1) is 6.58 Å². The Hall–Kier alpha value is -0.520. The molecular formula is C13H24. The third-order valence-electron chi connectivity index (χ3n) is 2.33. The molecule has 0 heteroatoms. The van der Waals surface area contributed by atoms with Crippen LogP contribution in [0.1, 0.15) is 47.5 Å². The largest absolute Gasteiger partial charge is 0.103 e. The zero-order chi connectivity index (χ0) is 10.5. The molecule has 0 saturated carbocycles. The van der Waals surface area contributed by atoms with Gasteiger partial charge >= 0.3 is 0 Å². The molecule has 0 rings (SSSR count). The van der Waals surface area contributed by atoms with Crippen LogP contribution in [0, 0.1) is 11.3 Å². The predicted molar refractivity (Wildman–Crippen MR) is 61.8 cm³/mol. The van der Waals surface area contributed by atoms with E-state index in [1.54, 1.807) is 0 Å². The Balaban J connectivity index is 4.08. The summed E-state index contributed by atoms with van der Waals surface area (Å²) in [5, 5.41) is 0. The molecule has 0 aliphatic rings. The minimum absolute atomic E-state index is 0.412. The minimum Gasteiger partial charge on any atom is -0.103 e. The van der Waals surface area contributed by atoms with E-state index < -0.39 is 0 Å². The molecular weight excluding hydrogens is 156 g/mol. The van der Waals surface area contributed by atoms with Crippen molar-refractivity contribution in [3.05, 3.63) is 24.3 Å². The molecule has 0 aromatic carbocycles. The molecule has 1 atom stereocenters. The van der Waals surface area contributed by atoms with Crippen molar-refractivity contribution in [1.82, 2.24) is 0 Å². The van der Waals surface area contributed by atoms with Crippen molar-refractivity contribution >= 4 is 0 Å². The standard InChI is InChI=1S/C13H24/c1-7-8-11(2)12(3)9-10-13(4,5)6/h7,9,11H,1,8,10H2,2-6H3/b12-9+. The average molecular weight is 180 g/mol. The van der Waals surface area contributed by atoms with Crippen LogP contribution in [0.2, 0.25) is 0 Å². The maximum absolute atomic E-state index is 3.76. The second kappa shape index (κ2) is 5.26. The molecule has 1 unspecified atom stereocenters. The predicted octanol–water partition coefficient (Wildman–Crippen LogP) is 4.58. The fraction of sp³-hybridized carbons (Fsp3) is 0.692. The molecule has 76 valence electrons. The normalized spacial score (nSPS) is 15.6. The van der Waals surface area contributed by atoms with Gasteiger partial charge in [0.2, 0.25) is 0 Å². The highest BCUT2D eigenvalue weighted by Gasteiger charge is 2.09. The molecule has 0 nitrogen and oxygen atoms in total. The minimum atomic E-state index is 0.412. The lowest BCUT2D eigenvalue weighted by Gasteiger charge is -2.17. The van der Waals surface area contributed by atoms with E-state index in [1.807, 2.05) is 6.08 Å². The molecule has 13 heavy (non-hydrogen) atoms. The summed E-state index contributed by atoms with van der Waals surface area (Å²) in [6.45, 7) is 15.1. The fourth-order valence-electron chi connectivity index (χ4n) is 1.10. The number of rotatable bonds is 4. The van der Waals surface area contributed by atoms with Gasteiger partial charge in [-0.05, 0) is 31.1 Å². The molecule has 0 aliphatic heterocycles. The lowest BCUT2D eigenvalue weighted by molar-refractivity contribution is 0.418. The number of allylic oxidation sites excluding steroid dienone is 3. The van der Waals surface area contributed by atoms with Gasteiger partial charge in [0.05, 0.1) is 0 Å². The van der Waals surface area contributed by atoms with E-state index >= 15 is 0 Å². The number of hydrogen-bond donors (Lipinski definition) is 0. The molecule has 0 saturated heterocycles. The molecule has 0 fully saturated rings. The summed E-state index contributed by atoms with van der Waals surface area (Å²) in [5.74, 6) is 0.653. The van der Waals surface area contributed by atoms with Crippen LogP contribution < -0.4 is 0 Å². The Morgan fingerprint density at radius 2 is 1.92 bits per heavy atom. The molecule has 0 heterocycles. The van der Waals surface area contributed by atoms with Gasteiger partial charge in [-0.25, -0.2) is 0 Å². The second-order valence-electron chi connectivity index (χ2n) is 5.14. The Morgan fingerprint density at radius 1 is 1.38 bits per heavy atom. The summed E-state index contributed by atoms with van der Waals surface area (Å²) in [5.41, 5.74) is 1.91. The summed E-state index contributed by atoms with van der Waals surface area (Å²) < 4.78 is 0. The zero-order valence-corrected chi connectivity index (χ0v) is 9.85. The first kappa shape index (κ1) is 12.5.